The smallest absolute Gasteiger partial charge is 0.226 e. The first-order valence-corrected chi connectivity index (χ1v) is 10.1. The second kappa shape index (κ2) is 6.72. The molecule has 2 aliphatic rings. The summed E-state index contributed by atoms with van der Waals surface area (Å²) in [5.74, 6) is 0.784. The molecule has 1 heterocycles. The zero-order valence-electron chi connectivity index (χ0n) is 15.4. The average Bonchev–Trinajstić information content (AvgIpc) is 2.85. The highest BCUT2D eigenvalue weighted by molar-refractivity contribution is 6.31. The van der Waals surface area contributed by atoms with Crippen molar-refractivity contribution in [2.45, 2.75) is 44.6 Å². The summed E-state index contributed by atoms with van der Waals surface area (Å²) in [7, 11) is 0. The molecule has 5 heteroatoms. The van der Waals surface area contributed by atoms with Crippen LogP contribution in [0.25, 0.3) is 0 Å². The van der Waals surface area contributed by atoms with Crippen LogP contribution in [-0.4, -0.2) is 17.1 Å². The Balaban J connectivity index is 1.85. The minimum Gasteiger partial charge on any atom is -0.508 e. The first-order chi connectivity index (χ1) is 12.8. The van der Waals surface area contributed by atoms with Crippen molar-refractivity contribution >= 4 is 29.1 Å². The molecule has 0 radical (unpaired) electrons. The van der Waals surface area contributed by atoms with E-state index in [9.17, 15) is 9.90 Å². The summed E-state index contributed by atoms with van der Waals surface area (Å²) in [6, 6.07) is 13.2. The summed E-state index contributed by atoms with van der Waals surface area (Å²) in [4.78, 5) is 12.7. The molecule has 1 saturated heterocycles. The number of amides is 1. The van der Waals surface area contributed by atoms with E-state index >= 15 is 0 Å². The molecule has 1 aliphatic heterocycles. The van der Waals surface area contributed by atoms with Crippen molar-refractivity contribution in [3.63, 3.8) is 0 Å². The van der Waals surface area contributed by atoms with E-state index in [0.717, 1.165) is 18.4 Å². The Morgan fingerprint density at radius 3 is 2.52 bits per heavy atom. The lowest BCUT2D eigenvalue weighted by molar-refractivity contribution is -0.129. The molecule has 3 nitrogen and oxygen atoms in total. The third-order valence-corrected chi connectivity index (χ3v) is 7.16. The fourth-order valence-electron chi connectivity index (χ4n) is 5.33. The van der Waals surface area contributed by atoms with Crippen LogP contribution in [0.3, 0.4) is 0 Å². The zero-order chi connectivity index (χ0) is 19.3. The fraction of sp³-hybridized carbons (Fsp3) is 0.409. The number of aromatic hydroxyl groups is 1. The van der Waals surface area contributed by atoms with Gasteiger partial charge in [0.15, 0.2) is 0 Å². The maximum atomic E-state index is 12.7. The Kier molecular flexibility index (Phi) is 4.64. The standard InChI is InChI=1S/C22H23Cl2NO2/c1-12-20-19(13-3-5-14(23)6-4-13)17(9-10-22(20,2)21(27)25-12)16-8-7-15(26)11-18(16)24/h3-8,11-12,17,19-20,26H,9-10H2,1-2H3,(H,25,27). The number of halogens is 2. The van der Waals surface area contributed by atoms with Gasteiger partial charge in [0.05, 0.1) is 5.41 Å². The number of nitrogens with one attached hydrogen (secondary N) is 1. The van der Waals surface area contributed by atoms with Gasteiger partial charge in [-0.3, -0.25) is 4.79 Å². The van der Waals surface area contributed by atoms with Gasteiger partial charge in [0.25, 0.3) is 0 Å². The van der Waals surface area contributed by atoms with Crippen LogP contribution in [0.5, 0.6) is 5.75 Å². The topological polar surface area (TPSA) is 49.3 Å². The second-order valence-electron chi connectivity index (χ2n) is 8.13. The largest absolute Gasteiger partial charge is 0.508 e. The molecule has 2 N–H and O–H groups in total. The Hall–Kier alpha value is -1.71. The summed E-state index contributed by atoms with van der Waals surface area (Å²) in [6.45, 7) is 4.19. The van der Waals surface area contributed by atoms with Crippen LogP contribution < -0.4 is 5.32 Å². The Morgan fingerprint density at radius 1 is 1.15 bits per heavy atom. The molecular formula is C22H23Cl2NO2. The molecule has 5 atom stereocenters. The monoisotopic (exact) mass is 403 g/mol. The molecule has 4 rings (SSSR count). The van der Waals surface area contributed by atoms with Crippen molar-refractivity contribution in [3.8, 4) is 5.75 Å². The first kappa shape index (κ1) is 18.6. The highest BCUT2D eigenvalue weighted by atomic mass is 35.5. The SMILES string of the molecule is CC1NC(=O)C2(C)CCC(c3ccc(O)cc3Cl)C(c3ccc(Cl)cc3)C12. The number of rotatable bonds is 2. The van der Waals surface area contributed by atoms with E-state index in [1.165, 1.54) is 5.56 Å². The Labute approximate surface area is 169 Å². The van der Waals surface area contributed by atoms with Crippen LogP contribution in [0.15, 0.2) is 42.5 Å². The third-order valence-electron chi connectivity index (χ3n) is 6.59. The predicted molar refractivity (Wildman–Crippen MR) is 108 cm³/mol. The van der Waals surface area contributed by atoms with Crippen molar-refractivity contribution < 1.29 is 9.90 Å². The molecule has 1 aliphatic carbocycles. The lowest BCUT2D eigenvalue weighted by atomic mass is 9.56. The number of hydrogen-bond donors (Lipinski definition) is 2. The van der Waals surface area contributed by atoms with Crippen LogP contribution in [0.2, 0.25) is 10.0 Å². The van der Waals surface area contributed by atoms with E-state index in [-0.39, 0.29) is 40.9 Å². The van der Waals surface area contributed by atoms with Gasteiger partial charge in [-0.2, -0.15) is 0 Å². The quantitative estimate of drug-likeness (QED) is 0.694. The molecule has 2 fully saturated rings. The number of phenolic OH excluding ortho intramolecular Hbond substituents is 1. The van der Waals surface area contributed by atoms with Gasteiger partial charge < -0.3 is 10.4 Å². The molecule has 27 heavy (non-hydrogen) atoms. The molecule has 1 saturated carbocycles. The van der Waals surface area contributed by atoms with Gasteiger partial charge in [0.1, 0.15) is 5.75 Å². The lowest BCUT2D eigenvalue weighted by Gasteiger charge is -2.46. The van der Waals surface area contributed by atoms with Gasteiger partial charge in [0.2, 0.25) is 5.91 Å². The van der Waals surface area contributed by atoms with Gasteiger partial charge in [-0.05, 0) is 67.0 Å². The Bertz CT molecular complexity index is 882. The second-order valence-corrected chi connectivity index (χ2v) is 8.98. The van der Waals surface area contributed by atoms with Gasteiger partial charge >= 0.3 is 0 Å². The number of hydrogen-bond acceptors (Lipinski definition) is 2. The van der Waals surface area contributed by atoms with Gasteiger partial charge in [-0.15, -0.1) is 0 Å². The van der Waals surface area contributed by atoms with Crippen LogP contribution in [0.1, 0.15) is 49.7 Å². The number of carbonyl (C=O) groups is 1. The van der Waals surface area contributed by atoms with Crippen LogP contribution in [0.4, 0.5) is 0 Å². The molecule has 1 amide bonds. The number of carbonyl (C=O) groups excluding carboxylic acids is 1. The maximum Gasteiger partial charge on any atom is 0.226 e. The highest BCUT2D eigenvalue weighted by Crippen LogP contribution is 2.59. The molecular weight excluding hydrogens is 381 g/mol. The number of benzene rings is 2. The summed E-state index contributed by atoms with van der Waals surface area (Å²) in [5.41, 5.74) is 1.82. The zero-order valence-corrected chi connectivity index (χ0v) is 16.9. The van der Waals surface area contributed by atoms with Crippen LogP contribution >= 0.6 is 23.2 Å². The van der Waals surface area contributed by atoms with E-state index in [1.807, 2.05) is 18.2 Å². The number of fused-ring (bicyclic) bond motifs is 1. The minimum absolute atomic E-state index is 0.0851. The predicted octanol–water partition coefficient (Wildman–Crippen LogP) is 5.50. The molecule has 0 bridgehead atoms. The fourth-order valence-corrected chi connectivity index (χ4v) is 5.77. The third kappa shape index (κ3) is 3.01. The highest BCUT2D eigenvalue weighted by Gasteiger charge is 2.57. The lowest BCUT2D eigenvalue weighted by Crippen LogP contribution is -2.42. The van der Waals surface area contributed by atoms with Crippen molar-refractivity contribution in [1.29, 1.82) is 0 Å². The van der Waals surface area contributed by atoms with Crippen molar-refractivity contribution in [3.05, 3.63) is 63.6 Å². The molecule has 0 aromatic heterocycles. The van der Waals surface area contributed by atoms with E-state index in [0.29, 0.717) is 10.0 Å². The summed E-state index contributed by atoms with van der Waals surface area (Å²) in [5, 5.41) is 14.2. The van der Waals surface area contributed by atoms with E-state index in [4.69, 9.17) is 23.2 Å². The molecule has 2 aromatic carbocycles. The van der Waals surface area contributed by atoms with Gasteiger partial charge in [-0.25, -0.2) is 0 Å². The van der Waals surface area contributed by atoms with Gasteiger partial charge in [-0.1, -0.05) is 48.3 Å². The van der Waals surface area contributed by atoms with E-state index in [2.05, 4.69) is 31.3 Å². The van der Waals surface area contributed by atoms with Crippen molar-refractivity contribution in [2.75, 3.05) is 0 Å². The summed E-state index contributed by atoms with van der Waals surface area (Å²) < 4.78 is 0. The minimum atomic E-state index is -0.385. The molecule has 2 aromatic rings. The van der Waals surface area contributed by atoms with E-state index < -0.39 is 0 Å². The normalized spacial score (nSPS) is 32.8. The van der Waals surface area contributed by atoms with Crippen molar-refractivity contribution in [2.24, 2.45) is 11.3 Å². The maximum absolute atomic E-state index is 12.7. The average molecular weight is 404 g/mol. The van der Waals surface area contributed by atoms with E-state index in [1.54, 1.807) is 12.1 Å². The van der Waals surface area contributed by atoms with Gasteiger partial charge in [0, 0.05) is 22.0 Å². The number of phenols is 1. The molecule has 142 valence electrons. The summed E-state index contributed by atoms with van der Waals surface area (Å²) >= 11 is 12.6. The Morgan fingerprint density at radius 2 is 1.85 bits per heavy atom. The molecule has 0 spiro atoms. The van der Waals surface area contributed by atoms with Crippen LogP contribution in [0, 0.1) is 11.3 Å². The first-order valence-electron chi connectivity index (χ1n) is 9.36. The van der Waals surface area contributed by atoms with Crippen molar-refractivity contribution in [1.82, 2.24) is 5.32 Å². The molecule has 5 unspecified atom stereocenters. The summed E-state index contributed by atoms with van der Waals surface area (Å²) in [6.07, 6.45) is 1.69. The van der Waals surface area contributed by atoms with Crippen LogP contribution in [-0.2, 0) is 4.79 Å².